The van der Waals surface area contributed by atoms with E-state index < -0.39 is 0 Å². The van der Waals surface area contributed by atoms with Crippen LogP contribution in [0.1, 0.15) is 25.8 Å². The molecule has 0 aliphatic carbocycles. The maximum absolute atomic E-state index is 3.46. The lowest BCUT2D eigenvalue weighted by Crippen LogP contribution is -2.23. The standard InChI is InChI=1S/C13H21N/c1-3-9-14-11-12(2)10-13-7-5-4-6-8-13/h4-8,12,14H,3,9-11H2,1-2H3/t12-/m1/s1. The smallest absolute Gasteiger partial charge is 0.00200 e. The van der Waals surface area contributed by atoms with Crippen LogP contribution in [-0.2, 0) is 6.42 Å². The van der Waals surface area contributed by atoms with Gasteiger partial charge in [-0.2, -0.15) is 0 Å². The Morgan fingerprint density at radius 1 is 1.21 bits per heavy atom. The summed E-state index contributed by atoms with van der Waals surface area (Å²) < 4.78 is 0. The lowest BCUT2D eigenvalue weighted by Gasteiger charge is -2.11. The largest absolute Gasteiger partial charge is 0.316 e. The summed E-state index contributed by atoms with van der Waals surface area (Å²) in [5, 5.41) is 3.46. The summed E-state index contributed by atoms with van der Waals surface area (Å²) in [5.41, 5.74) is 1.44. The molecule has 0 unspecified atom stereocenters. The number of nitrogens with one attached hydrogen (secondary N) is 1. The summed E-state index contributed by atoms with van der Waals surface area (Å²) in [5.74, 6) is 0.726. The van der Waals surface area contributed by atoms with Gasteiger partial charge < -0.3 is 5.32 Å². The molecule has 0 saturated carbocycles. The Kier molecular flexibility index (Phi) is 5.31. The molecule has 0 fully saturated rings. The number of hydrogen-bond acceptors (Lipinski definition) is 1. The fraction of sp³-hybridized carbons (Fsp3) is 0.538. The van der Waals surface area contributed by atoms with Crippen molar-refractivity contribution in [3.8, 4) is 0 Å². The van der Waals surface area contributed by atoms with Crippen LogP contribution in [0.25, 0.3) is 0 Å². The molecule has 1 heteroatoms. The van der Waals surface area contributed by atoms with Crippen LogP contribution in [0.3, 0.4) is 0 Å². The topological polar surface area (TPSA) is 12.0 Å². The van der Waals surface area contributed by atoms with E-state index in [1.165, 1.54) is 18.4 Å². The van der Waals surface area contributed by atoms with Crippen molar-refractivity contribution in [1.82, 2.24) is 5.32 Å². The molecule has 78 valence electrons. The van der Waals surface area contributed by atoms with Crippen LogP contribution < -0.4 is 5.32 Å². The van der Waals surface area contributed by atoms with Crippen molar-refractivity contribution in [2.45, 2.75) is 26.7 Å². The maximum atomic E-state index is 3.46. The molecule has 0 bridgehead atoms. The predicted octanol–water partition coefficient (Wildman–Crippen LogP) is 2.86. The Morgan fingerprint density at radius 3 is 2.57 bits per heavy atom. The SMILES string of the molecule is CCCNC[C@H](C)Cc1ccccc1. The first-order chi connectivity index (χ1) is 6.83. The van der Waals surface area contributed by atoms with E-state index in [1.54, 1.807) is 0 Å². The summed E-state index contributed by atoms with van der Waals surface area (Å²) >= 11 is 0. The molecule has 14 heavy (non-hydrogen) atoms. The molecule has 1 aromatic rings. The van der Waals surface area contributed by atoms with Crippen LogP contribution in [0.15, 0.2) is 30.3 Å². The summed E-state index contributed by atoms with van der Waals surface area (Å²) in [7, 11) is 0. The number of benzene rings is 1. The molecular formula is C13H21N. The Bertz CT molecular complexity index is 230. The van der Waals surface area contributed by atoms with Crippen molar-refractivity contribution in [1.29, 1.82) is 0 Å². The third-order valence-electron chi connectivity index (χ3n) is 2.35. The highest BCUT2D eigenvalue weighted by molar-refractivity contribution is 5.15. The second kappa shape index (κ2) is 6.61. The average molecular weight is 191 g/mol. The summed E-state index contributed by atoms with van der Waals surface area (Å²) in [6.07, 6.45) is 2.40. The average Bonchev–Trinajstić information content (AvgIpc) is 2.20. The third kappa shape index (κ3) is 4.43. The van der Waals surface area contributed by atoms with E-state index in [2.05, 4.69) is 49.5 Å². The van der Waals surface area contributed by atoms with Crippen LogP contribution in [-0.4, -0.2) is 13.1 Å². The molecule has 1 aromatic carbocycles. The summed E-state index contributed by atoms with van der Waals surface area (Å²) in [6.45, 7) is 6.77. The second-order valence-electron chi connectivity index (χ2n) is 4.00. The lowest BCUT2D eigenvalue weighted by molar-refractivity contribution is 0.511. The van der Waals surface area contributed by atoms with E-state index in [-0.39, 0.29) is 0 Å². The van der Waals surface area contributed by atoms with E-state index in [4.69, 9.17) is 0 Å². The van der Waals surface area contributed by atoms with Gasteiger partial charge in [0, 0.05) is 0 Å². The van der Waals surface area contributed by atoms with Gasteiger partial charge in [-0.05, 0) is 37.4 Å². The Morgan fingerprint density at radius 2 is 1.93 bits per heavy atom. The van der Waals surface area contributed by atoms with Gasteiger partial charge in [-0.15, -0.1) is 0 Å². The molecule has 0 aromatic heterocycles. The number of hydrogen-bond donors (Lipinski definition) is 1. The zero-order valence-corrected chi connectivity index (χ0v) is 9.29. The molecule has 0 aliphatic rings. The van der Waals surface area contributed by atoms with E-state index in [1.807, 2.05) is 0 Å². The van der Waals surface area contributed by atoms with Crippen LogP contribution in [0.5, 0.6) is 0 Å². The Labute approximate surface area is 87.5 Å². The normalized spacial score (nSPS) is 12.7. The molecule has 1 atom stereocenters. The van der Waals surface area contributed by atoms with Gasteiger partial charge in [0.05, 0.1) is 0 Å². The van der Waals surface area contributed by atoms with Gasteiger partial charge in [-0.3, -0.25) is 0 Å². The summed E-state index contributed by atoms with van der Waals surface area (Å²) in [4.78, 5) is 0. The van der Waals surface area contributed by atoms with Gasteiger partial charge in [0.1, 0.15) is 0 Å². The fourth-order valence-corrected chi connectivity index (χ4v) is 1.61. The fourth-order valence-electron chi connectivity index (χ4n) is 1.61. The molecule has 1 nitrogen and oxygen atoms in total. The first kappa shape index (κ1) is 11.3. The lowest BCUT2D eigenvalue weighted by atomic mass is 10.0. The summed E-state index contributed by atoms with van der Waals surface area (Å²) in [6, 6.07) is 10.7. The van der Waals surface area contributed by atoms with Crippen molar-refractivity contribution in [3.63, 3.8) is 0 Å². The van der Waals surface area contributed by atoms with Gasteiger partial charge in [-0.1, -0.05) is 44.2 Å². The first-order valence-corrected chi connectivity index (χ1v) is 5.57. The van der Waals surface area contributed by atoms with Crippen LogP contribution in [0, 0.1) is 5.92 Å². The Balaban J connectivity index is 2.23. The van der Waals surface area contributed by atoms with E-state index in [0.29, 0.717) is 0 Å². The van der Waals surface area contributed by atoms with Gasteiger partial charge in [0.15, 0.2) is 0 Å². The molecule has 0 spiro atoms. The van der Waals surface area contributed by atoms with Gasteiger partial charge in [0.25, 0.3) is 0 Å². The monoisotopic (exact) mass is 191 g/mol. The molecule has 0 aliphatic heterocycles. The minimum absolute atomic E-state index is 0.726. The molecular weight excluding hydrogens is 170 g/mol. The van der Waals surface area contributed by atoms with Gasteiger partial charge in [0.2, 0.25) is 0 Å². The highest BCUT2D eigenvalue weighted by Gasteiger charge is 2.01. The molecule has 1 rings (SSSR count). The predicted molar refractivity (Wildman–Crippen MR) is 62.5 cm³/mol. The van der Waals surface area contributed by atoms with Crippen molar-refractivity contribution in [2.75, 3.05) is 13.1 Å². The van der Waals surface area contributed by atoms with Crippen LogP contribution >= 0.6 is 0 Å². The first-order valence-electron chi connectivity index (χ1n) is 5.57. The van der Waals surface area contributed by atoms with E-state index in [9.17, 15) is 0 Å². The van der Waals surface area contributed by atoms with Crippen LogP contribution in [0.4, 0.5) is 0 Å². The zero-order valence-electron chi connectivity index (χ0n) is 9.29. The number of rotatable bonds is 6. The molecule has 1 N–H and O–H groups in total. The van der Waals surface area contributed by atoms with Crippen molar-refractivity contribution in [3.05, 3.63) is 35.9 Å². The van der Waals surface area contributed by atoms with E-state index in [0.717, 1.165) is 19.0 Å². The quantitative estimate of drug-likeness (QED) is 0.682. The van der Waals surface area contributed by atoms with Gasteiger partial charge >= 0.3 is 0 Å². The highest BCUT2D eigenvalue weighted by Crippen LogP contribution is 2.06. The minimum atomic E-state index is 0.726. The molecule has 0 radical (unpaired) electrons. The van der Waals surface area contributed by atoms with Crippen molar-refractivity contribution < 1.29 is 0 Å². The molecule has 0 amide bonds. The van der Waals surface area contributed by atoms with Gasteiger partial charge in [-0.25, -0.2) is 0 Å². The minimum Gasteiger partial charge on any atom is -0.316 e. The maximum Gasteiger partial charge on any atom is -0.00200 e. The second-order valence-corrected chi connectivity index (χ2v) is 4.00. The highest BCUT2D eigenvalue weighted by atomic mass is 14.8. The Hall–Kier alpha value is -0.820. The van der Waals surface area contributed by atoms with Crippen molar-refractivity contribution in [2.24, 2.45) is 5.92 Å². The molecule has 0 saturated heterocycles. The van der Waals surface area contributed by atoms with Crippen molar-refractivity contribution >= 4 is 0 Å². The zero-order chi connectivity index (χ0) is 10.2. The van der Waals surface area contributed by atoms with E-state index >= 15 is 0 Å². The third-order valence-corrected chi connectivity index (χ3v) is 2.35. The molecule has 0 heterocycles. The van der Waals surface area contributed by atoms with Crippen LogP contribution in [0.2, 0.25) is 0 Å².